The standard InChI is InChI=1S/C14H10Br2O2/c1-9(17)10-2-5-12(6-3-10)18-14-7-4-11(15)8-13(14)16/h2-8H,1H3. The smallest absolute Gasteiger partial charge is 0.159 e. The summed E-state index contributed by atoms with van der Waals surface area (Å²) in [6.45, 7) is 1.54. The number of carbonyl (C=O) groups is 1. The van der Waals surface area contributed by atoms with Crippen molar-refractivity contribution >= 4 is 37.6 Å². The van der Waals surface area contributed by atoms with Gasteiger partial charge in [0.25, 0.3) is 0 Å². The number of ketones is 1. The van der Waals surface area contributed by atoms with Crippen LogP contribution in [0.3, 0.4) is 0 Å². The average Bonchev–Trinajstić information content (AvgIpc) is 2.33. The van der Waals surface area contributed by atoms with E-state index in [-0.39, 0.29) is 5.78 Å². The summed E-state index contributed by atoms with van der Waals surface area (Å²) in [7, 11) is 0. The van der Waals surface area contributed by atoms with Gasteiger partial charge < -0.3 is 4.74 Å². The summed E-state index contributed by atoms with van der Waals surface area (Å²) in [6.07, 6.45) is 0. The molecule has 0 aromatic heterocycles. The van der Waals surface area contributed by atoms with Crippen molar-refractivity contribution in [2.45, 2.75) is 6.92 Å². The van der Waals surface area contributed by atoms with Gasteiger partial charge in [-0.05, 0) is 65.3 Å². The van der Waals surface area contributed by atoms with E-state index >= 15 is 0 Å². The molecule has 0 fully saturated rings. The average molecular weight is 370 g/mol. The normalized spacial score (nSPS) is 10.2. The van der Waals surface area contributed by atoms with Gasteiger partial charge in [-0.25, -0.2) is 0 Å². The zero-order valence-electron chi connectivity index (χ0n) is 9.61. The third kappa shape index (κ3) is 3.21. The molecular weight excluding hydrogens is 360 g/mol. The third-order valence-corrected chi connectivity index (χ3v) is 3.50. The van der Waals surface area contributed by atoms with E-state index in [4.69, 9.17) is 4.74 Å². The SMILES string of the molecule is CC(=O)c1ccc(Oc2ccc(Br)cc2Br)cc1. The molecule has 2 nitrogen and oxygen atoms in total. The van der Waals surface area contributed by atoms with E-state index in [1.807, 2.05) is 18.2 Å². The lowest BCUT2D eigenvalue weighted by atomic mass is 10.1. The first-order valence-electron chi connectivity index (χ1n) is 5.30. The van der Waals surface area contributed by atoms with Crippen LogP contribution in [0.15, 0.2) is 51.4 Å². The van der Waals surface area contributed by atoms with E-state index in [2.05, 4.69) is 31.9 Å². The van der Waals surface area contributed by atoms with Crippen molar-refractivity contribution in [1.29, 1.82) is 0 Å². The Bertz CT molecular complexity index is 577. The molecule has 4 heteroatoms. The Kier molecular flexibility index (Phi) is 4.19. The molecular formula is C14H10Br2O2. The molecule has 0 bridgehead atoms. The summed E-state index contributed by atoms with van der Waals surface area (Å²) in [4.78, 5) is 11.2. The second-order valence-electron chi connectivity index (χ2n) is 3.76. The summed E-state index contributed by atoms with van der Waals surface area (Å²) in [5.74, 6) is 1.48. The quantitative estimate of drug-likeness (QED) is 0.694. The highest BCUT2D eigenvalue weighted by Crippen LogP contribution is 2.32. The third-order valence-electron chi connectivity index (χ3n) is 2.38. The highest BCUT2D eigenvalue weighted by molar-refractivity contribution is 9.11. The molecule has 0 aliphatic heterocycles. The number of Topliss-reactive ketones (excluding diaryl/α,β-unsaturated/α-hetero) is 1. The molecule has 0 atom stereocenters. The molecule has 2 aromatic carbocycles. The van der Waals surface area contributed by atoms with E-state index in [9.17, 15) is 4.79 Å². The Hall–Kier alpha value is -1.13. The molecule has 0 saturated heterocycles. The van der Waals surface area contributed by atoms with Gasteiger partial charge in [-0.3, -0.25) is 4.79 Å². The summed E-state index contributed by atoms with van der Waals surface area (Å²) < 4.78 is 7.57. The number of halogens is 2. The van der Waals surface area contributed by atoms with E-state index in [0.29, 0.717) is 11.3 Å². The summed E-state index contributed by atoms with van der Waals surface area (Å²) in [6, 6.07) is 12.8. The lowest BCUT2D eigenvalue weighted by Crippen LogP contribution is -1.91. The van der Waals surface area contributed by atoms with Gasteiger partial charge in [-0.2, -0.15) is 0 Å². The Balaban J connectivity index is 2.21. The first-order valence-corrected chi connectivity index (χ1v) is 6.89. The van der Waals surface area contributed by atoms with Gasteiger partial charge in [0.05, 0.1) is 4.47 Å². The molecule has 0 amide bonds. The molecule has 0 unspecified atom stereocenters. The van der Waals surface area contributed by atoms with Gasteiger partial charge in [0, 0.05) is 10.0 Å². The highest BCUT2D eigenvalue weighted by atomic mass is 79.9. The fourth-order valence-electron chi connectivity index (χ4n) is 1.44. The van der Waals surface area contributed by atoms with Crippen LogP contribution in [0.2, 0.25) is 0 Å². The van der Waals surface area contributed by atoms with E-state index < -0.39 is 0 Å². The van der Waals surface area contributed by atoms with Crippen molar-refractivity contribution in [3.63, 3.8) is 0 Å². The molecule has 2 rings (SSSR count). The van der Waals surface area contributed by atoms with Crippen LogP contribution < -0.4 is 4.74 Å². The van der Waals surface area contributed by atoms with Crippen LogP contribution in [0, 0.1) is 0 Å². The van der Waals surface area contributed by atoms with Gasteiger partial charge in [0.2, 0.25) is 0 Å². The van der Waals surface area contributed by atoms with Crippen molar-refractivity contribution < 1.29 is 9.53 Å². The van der Waals surface area contributed by atoms with Crippen molar-refractivity contribution in [3.05, 3.63) is 57.0 Å². The summed E-state index contributed by atoms with van der Waals surface area (Å²) >= 11 is 6.82. The molecule has 0 N–H and O–H groups in total. The minimum absolute atomic E-state index is 0.0476. The van der Waals surface area contributed by atoms with Gasteiger partial charge in [-0.15, -0.1) is 0 Å². The van der Waals surface area contributed by atoms with Crippen LogP contribution >= 0.6 is 31.9 Å². The van der Waals surface area contributed by atoms with Crippen LogP contribution in [0.1, 0.15) is 17.3 Å². The van der Waals surface area contributed by atoms with Crippen LogP contribution in [0.5, 0.6) is 11.5 Å². The molecule has 92 valence electrons. The Morgan fingerprint density at radius 1 is 1.06 bits per heavy atom. The number of benzene rings is 2. The van der Waals surface area contributed by atoms with E-state index in [0.717, 1.165) is 14.7 Å². The van der Waals surface area contributed by atoms with Crippen LogP contribution in [0.4, 0.5) is 0 Å². The number of ether oxygens (including phenoxy) is 1. The van der Waals surface area contributed by atoms with Gasteiger partial charge in [0.1, 0.15) is 11.5 Å². The first kappa shape index (κ1) is 13.3. The predicted molar refractivity (Wildman–Crippen MR) is 78.4 cm³/mol. The lowest BCUT2D eigenvalue weighted by Gasteiger charge is -2.08. The molecule has 0 aliphatic rings. The fourth-order valence-corrected chi connectivity index (χ4v) is 2.57. The fraction of sp³-hybridized carbons (Fsp3) is 0.0714. The molecule has 0 saturated carbocycles. The largest absolute Gasteiger partial charge is 0.456 e. The molecule has 0 radical (unpaired) electrons. The number of hydrogen-bond donors (Lipinski definition) is 0. The number of hydrogen-bond acceptors (Lipinski definition) is 2. The maximum Gasteiger partial charge on any atom is 0.159 e. The van der Waals surface area contributed by atoms with E-state index in [1.54, 1.807) is 31.2 Å². The first-order chi connectivity index (χ1) is 8.56. The lowest BCUT2D eigenvalue weighted by molar-refractivity contribution is 0.101. The summed E-state index contributed by atoms with van der Waals surface area (Å²) in [5.41, 5.74) is 0.678. The predicted octanol–water partition coefficient (Wildman–Crippen LogP) is 5.21. The maximum atomic E-state index is 11.2. The Labute approximate surface area is 122 Å². The second kappa shape index (κ2) is 5.67. The topological polar surface area (TPSA) is 26.3 Å². The van der Waals surface area contributed by atoms with Crippen molar-refractivity contribution in [1.82, 2.24) is 0 Å². The highest BCUT2D eigenvalue weighted by Gasteiger charge is 2.04. The monoisotopic (exact) mass is 368 g/mol. The zero-order chi connectivity index (χ0) is 13.1. The second-order valence-corrected chi connectivity index (χ2v) is 5.53. The van der Waals surface area contributed by atoms with Crippen LogP contribution in [-0.2, 0) is 0 Å². The number of rotatable bonds is 3. The molecule has 18 heavy (non-hydrogen) atoms. The van der Waals surface area contributed by atoms with Gasteiger partial charge in [0.15, 0.2) is 5.78 Å². The van der Waals surface area contributed by atoms with Crippen LogP contribution in [0.25, 0.3) is 0 Å². The maximum absolute atomic E-state index is 11.2. The van der Waals surface area contributed by atoms with Gasteiger partial charge >= 0.3 is 0 Å². The van der Waals surface area contributed by atoms with Gasteiger partial charge in [-0.1, -0.05) is 15.9 Å². The zero-order valence-corrected chi connectivity index (χ0v) is 12.8. The van der Waals surface area contributed by atoms with Crippen molar-refractivity contribution in [2.24, 2.45) is 0 Å². The van der Waals surface area contributed by atoms with Crippen molar-refractivity contribution in [2.75, 3.05) is 0 Å². The molecule has 0 aliphatic carbocycles. The number of carbonyl (C=O) groups excluding carboxylic acids is 1. The minimum atomic E-state index is 0.0476. The summed E-state index contributed by atoms with van der Waals surface area (Å²) in [5, 5.41) is 0. The Morgan fingerprint density at radius 3 is 2.28 bits per heavy atom. The van der Waals surface area contributed by atoms with Crippen LogP contribution in [-0.4, -0.2) is 5.78 Å². The molecule has 0 spiro atoms. The minimum Gasteiger partial charge on any atom is -0.456 e. The Morgan fingerprint density at radius 2 is 1.72 bits per heavy atom. The molecule has 0 heterocycles. The van der Waals surface area contributed by atoms with E-state index in [1.165, 1.54) is 0 Å². The van der Waals surface area contributed by atoms with Crippen molar-refractivity contribution in [3.8, 4) is 11.5 Å². The molecule has 2 aromatic rings.